The Morgan fingerprint density at radius 2 is 2.14 bits per heavy atom. The van der Waals surface area contributed by atoms with Gasteiger partial charge >= 0.3 is 0 Å². The Morgan fingerprint density at radius 1 is 1.50 bits per heavy atom. The van der Waals surface area contributed by atoms with Crippen molar-refractivity contribution in [2.75, 3.05) is 5.73 Å². The molecule has 0 bridgehead atoms. The molecule has 78 valence electrons. The van der Waals surface area contributed by atoms with Crippen LogP contribution in [-0.2, 0) is 13.2 Å². The molecule has 0 atom stereocenters. The lowest BCUT2D eigenvalue weighted by Crippen LogP contribution is -2.09. The first kappa shape index (κ1) is 10.8. The van der Waals surface area contributed by atoms with Gasteiger partial charge in [-0.25, -0.2) is 13.8 Å². The molecular weight excluding hydrogens is 192 g/mol. The van der Waals surface area contributed by atoms with Gasteiger partial charge in [-0.15, -0.1) is 0 Å². The molecule has 0 amide bonds. The summed E-state index contributed by atoms with van der Waals surface area (Å²) in [5, 5.41) is 8.85. The molecule has 0 unspecified atom stereocenters. The molecule has 1 aromatic heterocycles. The molecular formula is C8H11F2N3O. The maximum atomic E-state index is 12.4. The van der Waals surface area contributed by atoms with Gasteiger partial charge in [0, 0.05) is 6.54 Å². The molecule has 1 heterocycles. The van der Waals surface area contributed by atoms with E-state index in [9.17, 15) is 8.78 Å². The molecule has 4 nitrogen and oxygen atoms in total. The van der Waals surface area contributed by atoms with Gasteiger partial charge in [0.05, 0.1) is 17.9 Å². The van der Waals surface area contributed by atoms with E-state index < -0.39 is 18.6 Å². The summed E-state index contributed by atoms with van der Waals surface area (Å²) in [7, 11) is 0. The molecule has 6 heteroatoms. The number of nitrogen functional groups attached to an aromatic ring is 1. The third-order valence-electron chi connectivity index (χ3n) is 1.82. The zero-order valence-corrected chi connectivity index (χ0v) is 7.37. The number of halogens is 2. The Bertz CT molecular complexity index is 331. The minimum absolute atomic E-state index is 0.0768. The van der Waals surface area contributed by atoms with Crippen molar-refractivity contribution in [1.29, 1.82) is 0 Å². The molecule has 0 radical (unpaired) electrons. The first-order valence-corrected chi connectivity index (χ1v) is 3.97. The van der Waals surface area contributed by atoms with Gasteiger partial charge in [0.1, 0.15) is 5.82 Å². The smallest absolute Gasteiger partial charge is 0.267 e. The second-order valence-electron chi connectivity index (χ2n) is 2.73. The topological polar surface area (TPSA) is 85.2 Å². The highest BCUT2D eigenvalue weighted by Crippen LogP contribution is 2.28. The fourth-order valence-corrected chi connectivity index (χ4v) is 1.18. The molecule has 0 aromatic carbocycles. The molecule has 0 spiro atoms. The van der Waals surface area contributed by atoms with Crippen LogP contribution in [0.4, 0.5) is 14.6 Å². The highest BCUT2D eigenvalue weighted by atomic mass is 19.3. The van der Waals surface area contributed by atoms with Crippen molar-refractivity contribution in [3.63, 3.8) is 0 Å². The van der Waals surface area contributed by atoms with E-state index in [1.54, 1.807) is 0 Å². The van der Waals surface area contributed by atoms with Crippen LogP contribution in [-0.4, -0.2) is 10.1 Å². The van der Waals surface area contributed by atoms with Crippen molar-refractivity contribution < 1.29 is 13.9 Å². The minimum Gasteiger partial charge on any atom is -0.392 e. The monoisotopic (exact) mass is 203 g/mol. The van der Waals surface area contributed by atoms with Gasteiger partial charge in [0.25, 0.3) is 6.43 Å². The summed E-state index contributed by atoms with van der Waals surface area (Å²) in [4.78, 5) is 3.68. The van der Waals surface area contributed by atoms with E-state index in [0.29, 0.717) is 5.69 Å². The van der Waals surface area contributed by atoms with Gasteiger partial charge in [-0.1, -0.05) is 0 Å². The standard InChI is InChI=1S/C8H11F2N3O/c9-7(10)6-4(3-14)1-5(2-11)13-8(6)12/h1,7,14H,2-3,11H2,(H2,12,13). The Balaban J connectivity index is 3.27. The average molecular weight is 203 g/mol. The van der Waals surface area contributed by atoms with Crippen LogP contribution in [0.25, 0.3) is 0 Å². The summed E-state index contributed by atoms with van der Waals surface area (Å²) in [5.41, 5.74) is 10.6. The number of anilines is 1. The number of nitrogens with two attached hydrogens (primary N) is 2. The zero-order chi connectivity index (χ0) is 10.7. The molecule has 0 fully saturated rings. The lowest BCUT2D eigenvalue weighted by Gasteiger charge is -2.10. The second kappa shape index (κ2) is 4.30. The van der Waals surface area contributed by atoms with Crippen molar-refractivity contribution in [2.24, 2.45) is 5.73 Å². The van der Waals surface area contributed by atoms with Gasteiger partial charge < -0.3 is 16.6 Å². The number of aliphatic hydroxyl groups is 1. The lowest BCUT2D eigenvalue weighted by molar-refractivity contribution is 0.147. The third-order valence-corrected chi connectivity index (χ3v) is 1.82. The van der Waals surface area contributed by atoms with E-state index >= 15 is 0 Å². The number of hydrogen-bond donors (Lipinski definition) is 3. The number of pyridine rings is 1. The first-order chi connectivity index (χ1) is 6.60. The van der Waals surface area contributed by atoms with Gasteiger partial charge in [-0.3, -0.25) is 0 Å². The van der Waals surface area contributed by atoms with Crippen molar-refractivity contribution in [3.05, 3.63) is 22.9 Å². The predicted octanol–water partition coefficient (Wildman–Crippen LogP) is 0.552. The maximum Gasteiger partial charge on any atom is 0.267 e. The van der Waals surface area contributed by atoms with Gasteiger partial charge in [0.15, 0.2) is 0 Å². The van der Waals surface area contributed by atoms with Gasteiger partial charge in [0.2, 0.25) is 0 Å². The van der Waals surface area contributed by atoms with E-state index in [4.69, 9.17) is 16.6 Å². The molecule has 0 aliphatic carbocycles. The summed E-state index contributed by atoms with van der Waals surface area (Å²) >= 11 is 0. The van der Waals surface area contributed by atoms with E-state index in [0.717, 1.165) is 0 Å². The average Bonchev–Trinajstić information content (AvgIpc) is 2.15. The molecule has 0 saturated heterocycles. The van der Waals surface area contributed by atoms with Gasteiger partial charge in [-0.2, -0.15) is 0 Å². The summed E-state index contributed by atoms with van der Waals surface area (Å²) < 4.78 is 24.9. The summed E-state index contributed by atoms with van der Waals surface area (Å²) in [5.74, 6) is -0.271. The number of alkyl halides is 2. The molecule has 1 rings (SSSR count). The maximum absolute atomic E-state index is 12.4. The molecule has 5 N–H and O–H groups in total. The lowest BCUT2D eigenvalue weighted by atomic mass is 10.1. The zero-order valence-electron chi connectivity index (χ0n) is 7.37. The van der Waals surface area contributed by atoms with Crippen LogP contribution in [0.5, 0.6) is 0 Å². The highest BCUT2D eigenvalue weighted by Gasteiger charge is 2.18. The molecule has 0 aliphatic heterocycles. The van der Waals surface area contributed by atoms with Crippen LogP contribution in [0, 0.1) is 0 Å². The van der Waals surface area contributed by atoms with Crippen LogP contribution in [0.3, 0.4) is 0 Å². The van der Waals surface area contributed by atoms with Crippen LogP contribution >= 0.6 is 0 Å². The normalized spacial score (nSPS) is 10.9. The van der Waals surface area contributed by atoms with Crippen molar-refractivity contribution in [2.45, 2.75) is 19.6 Å². The van der Waals surface area contributed by atoms with Gasteiger partial charge in [-0.05, 0) is 11.6 Å². The number of rotatable bonds is 3. The molecule has 0 aliphatic rings. The number of aromatic nitrogens is 1. The quantitative estimate of drug-likeness (QED) is 0.669. The molecule has 0 saturated carbocycles. The van der Waals surface area contributed by atoms with E-state index in [1.165, 1.54) is 6.07 Å². The Morgan fingerprint density at radius 3 is 2.57 bits per heavy atom. The van der Waals surface area contributed by atoms with Crippen LogP contribution < -0.4 is 11.5 Å². The van der Waals surface area contributed by atoms with Crippen molar-refractivity contribution >= 4 is 5.82 Å². The number of hydrogen-bond acceptors (Lipinski definition) is 4. The van der Waals surface area contributed by atoms with E-state index in [2.05, 4.69) is 4.98 Å². The Hall–Kier alpha value is -1.27. The van der Waals surface area contributed by atoms with Crippen LogP contribution in [0.15, 0.2) is 6.07 Å². The summed E-state index contributed by atoms with van der Waals surface area (Å²) in [6.45, 7) is -0.403. The van der Waals surface area contributed by atoms with Crippen molar-refractivity contribution in [3.8, 4) is 0 Å². The fraction of sp³-hybridized carbons (Fsp3) is 0.375. The second-order valence-corrected chi connectivity index (χ2v) is 2.73. The highest BCUT2D eigenvalue weighted by molar-refractivity contribution is 5.46. The van der Waals surface area contributed by atoms with Crippen LogP contribution in [0.2, 0.25) is 0 Å². The number of aliphatic hydroxyl groups excluding tert-OH is 1. The summed E-state index contributed by atoms with van der Waals surface area (Å²) in [6.07, 6.45) is -2.74. The summed E-state index contributed by atoms with van der Waals surface area (Å²) in [6, 6.07) is 1.33. The van der Waals surface area contributed by atoms with E-state index in [1.807, 2.05) is 0 Å². The third kappa shape index (κ3) is 1.97. The Labute approximate surface area is 79.6 Å². The van der Waals surface area contributed by atoms with Crippen LogP contribution in [0.1, 0.15) is 23.2 Å². The Kier molecular flexibility index (Phi) is 3.32. The SMILES string of the molecule is NCc1cc(CO)c(C(F)F)c(N)n1. The first-order valence-electron chi connectivity index (χ1n) is 3.97. The minimum atomic E-state index is -2.74. The molecule has 14 heavy (non-hydrogen) atoms. The molecule has 1 aromatic rings. The number of nitrogens with zero attached hydrogens (tertiary/aromatic N) is 1. The largest absolute Gasteiger partial charge is 0.392 e. The predicted molar refractivity (Wildman–Crippen MR) is 47.4 cm³/mol. The fourth-order valence-electron chi connectivity index (χ4n) is 1.18. The van der Waals surface area contributed by atoms with E-state index in [-0.39, 0.29) is 17.9 Å². The van der Waals surface area contributed by atoms with Crippen molar-refractivity contribution in [1.82, 2.24) is 4.98 Å².